The van der Waals surface area contributed by atoms with E-state index in [0.29, 0.717) is 19.6 Å². The second-order valence-corrected chi connectivity index (χ2v) is 14.4. The quantitative estimate of drug-likeness (QED) is 0.0380. The Labute approximate surface area is 277 Å². The average molecular weight is 708 g/mol. The van der Waals surface area contributed by atoms with E-state index in [0.717, 1.165) is 25.9 Å². The summed E-state index contributed by atoms with van der Waals surface area (Å²) >= 11 is 2.49. The molecule has 0 spiro atoms. The largest absolute Gasteiger partial charge is 0.382 e. The van der Waals surface area contributed by atoms with Gasteiger partial charge in [-0.05, 0) is 37.5 Å². The number of hydrogen-bond donors (Lipinski definition) is 0. The Morgan fingerprint density at radius 2 is 0.929 bits per heavy atom. The molecule has 252 valence electrons. The Morgan fingerprint density at radius 3 is 1.29 bits per heavy atom. The van der Waals surface area contributed by atoms with Gasteiger partial charge in [0.15, 0.2) is 0 Å². The third-order valence-corrected chi connectivity index (χ3v) is 9.32. The second kappa shape index (κ2) is 32.5. The smallest absolute Gasteiger partial charge is 0.225 e. The van der Waals surface area contributed by atoms with Crippen molar-refractivity contribution in [1.29, 1.82) is 0 Å². The van der Waals surface area contributed by atoms with Gasteiger partial charge in [0.05, 0.1) is 25.2 Å². The van der Waals surface area contributed by atoms with Crippen molar-refractivity contribution in [3.05, 3.63) is 0 Å². The van der Waals surface area contributed by atoms with E-state index in [2.05, 4.69) is 34.4 Å². The molecule has 4 nitrogen and oxygen atoms in total. The molecule has 0 aromatic heterocycles. The van der Waals surface area contributed by atoms with E-state index in [1.165, 1.54) is 152 Å². The van der Waals surface area contributed by atoms with Gasteiger partial charge in [0, 0.05) is 20.2 Å². The molecule has 0 saturated heterocycles. The fourth-order valence-corrected chi connectivity index (χ4v) is 6.31. The molecule has 0 heterocycles. The number of ether oxygens (including phenoxy) is 2. The van der Waals surface area contributed by atoms with Crippen molar-refractivity contribution >= 4 is 28.5 Å². The zero-order chi connectivity index (χ0) is 31.0. The van der Waals surface area contributed by atoms with Gasteiger partial charge >= 0.3 is 0 Å². The van der Waals surface area contributed by atoms with E-state index in [9.17, 15) is 4.79 Å². The number of rotatable bonds is 34. The molecule has 0 aliphatic rings. The maximum atomic E-state index is 13.3. The van der Waals surface area contributed by atoms with E-state index >= 15 is 0 Å². The van der Waals surface area contributed by atoms with Crippen LogP contribution in [0.1, 0.15) is 188 Å². The van der Waals surface area contributed by atoms with Gasteiger partial charge in [0.1, 0.15) is 0 Å². The first-order valence-corrected chi connectivity index (χ1v) is 20.0. The van der Waals surface area contributed by atoms with Crippen LogP contribution >= 0.6 is 22.6 Å². The molecule has 5 heteroatoms. The summed E-state index contributed by atoms with van der Waals surface area (Å²) in [6, 6.07) is 0. The van der Waals surface area contributed by atoms with Crippen LogP contribution in [0.15, 0.2) is 0 Å². The summed E-state index contributed by atoms with van der Waals surface area (Å²) < 4.78 is 12.4. The summed E-state index contributed by atoms with van der Waals surface area (Å²) in [5.41, 5.74) is -0.445. The molecule has 0 aliphatic carbocycles. The van der Waals surface area contributed by atoms with Crippen molar-refractivity contribution in [2.75, 3.05) is 37.8 Å². The number of amides is 1. The highest BCUT2D eigenvalue weighted by Gasteiger charge is 2.25. The van der Waals surface area contributed by atoms with Crippen molar-refractivity contribution in [3.8, 4) is 0 Å². The molecule has 1 amide bonds. The zero-order valence-corrected chi connectivity index (χ0v) is 31.1. The number of nitrogens with zero attached hydrogens (tertiary/aromatic N) is 1. The summed E-state index contributed by atoms with van der Waals surface area (Å²) in [6.45, 7) is 9.28. The number of carbonyl (C=O) groups is 1. The van der Waals surface area contributed by atoms with Gasteiger partial charge in [-0.25, -0.2) is 0 Å². The third kappa shape index (κ3) is 30.2. The molecule has 0 bridgehead atoms. The van der Waals surface area contributed by atoms with E-state index in [1.54, 1.807) is 7.11 Å². The predicted molar refractivity (Wildman–Crippen MR) is 193 cm³/mol. The molecule has 0 N–H and O–H groups in total. The minimum Gasteiger partial charge on any atom is -0.382 e. The summed E-state index contributed by atoms with van der Waals surface area (Å²) in [4.78, 5) is 15.5. The van der Waals surface area contributed by atoms with Gasteiger partial charge in [0.2, 0.25) is 5.91 Å². The first kappa shape index (κ1) is 42.1. The third-order valence-electron chi connectivity index (χ3n) is 8.55. The first-order chi connectivity index (χ1) is 20.5. The van der Waals surface area contributed by atoms with Crippen LogP contribution in [0, 0.1) is 0 Å². The number of alkyl halides is 1. The number of halogens is 1. The Morgan fingerprint density at radius 1 is 0.571 bits per heavy atom. The fraction of sp³-hybridized carbons (Fsp3) is 0.973. The van der Waals surface area contributed by atoms with Crippen molar-refractivity contribution in [2.24, 2.45) is 0 Å². The number of hydrogen-bond acceptors (Lipinski definition) is 3. The molecule has 0 fully saturated rings. The van der Waals surface area contributed by atoms with Crippen molar-refractivity contribution in [2.45, 2.75) is 193 Å². The second-order valence-electron chi connectivity index (χ2n) is 13.3. The lowest BCUT2D eigenvalue weighted by atomic mass is 10.0. The summed E-state index contributed by atoms with van der Waals surface area (Å²) in [5, 5.41) is 0. The highest BCUT2D eigenvalue weighted by molar-refractivity contribution is 14.1. The molecule has 0 saturated carbocycles. The fourth-order valence-electron chi connectivity index (χ4n) is 5.77. The molecule has 0 aromatic carbocycles. The predicted octanol–water partition coefficient (Wildman–Crippen LogP) is 11.9. The van der Waals surface area contributed by atoms with Gasteiger partial charge in [0.25, 0.3) is 0 Å². The van der Waals surface area contributed by atoms with Crippen LogP contribution in [0.25, 0.3) is 0 Å². The van der Waals surface area contributed by atoms with Gasteiger partial charge < -0.3 is 14.4 Å². The molecular formula is C37H74INO3. The summed E-state index contributed by atoms with van der Waals surface area (Å²) in [7, 11) is 1.69. The normalized spacial score (nSPS) is 11.8. The standard InChI is InChI=1S/C37H74INO3/c1-5-6-7-8-9-10-11-13-16-19-22-25-28-31-39(36(40)35-37(2,3)42-34-33-41-4)32-29-26-23-20-17-14-12-15-18-21-24-27-30-38/h5-35H2,1-4H3. The van der Waals surface area contributed by atoms with Crippen molar-refractivity contribution < 1.29 is 14.3 Å². The zero-order valence-electron chi connectivity index (χ0n) is 29.0. The van der Waals surface area contributed by atoms with Gasteiger partial charge in [-0.2, -0.15) is 0 Å². The highest BCUT2D eigenvalue weighted by Crippen LogP contribution is 2.19. The molecule has 0 aromatic rings. The highest BCUT2D eigenvalue weighted by atomic mass is 127. The van der Waals surface area contributed by atoms with Crippen LogP contribution in [0.3, 0.4) is 0 Å². The Kier molecular flexibility index (Phi) is 32.6. The number of methoxy groups -OCH3 is 1. The van der Waals surface area contributed by atoms with Gasteiger partial charge in [-0.3, -0.25) is 4.79 Å². The van der Waals surface area contributed by atoms with E-state index in [4.69, 9.17) is 9.47 Å². The number of carbonyl (C=O) groups excluding carboxylic acids is 1. The Hall–Kier alpha value is 0.120. The molecule has 0 radical (unpaired) electrons. The maximum Gasteiger partial charge on any atom is 0.225 e. The van der Waals surface area contributed by atoms with Crippen LogP contribution in [-0.2, 0) is 14.3 Å². The Balaban J connectivity index is 4.17. The first-order valence-electron chi connectivity index (χ1n) is 18.4. The maximum absolute atomic E-state index is 13.3. The van der Waals surface area contributed by atoms with E-state index < -0.39 is 5.60 Å². The topological polar surface area (TPSA) is 38.8 Å². The molecule has 0 atom stereocenters. The number of unbranched alkanes of at least 4 members (excludes halogenated alkanes) is 23. The van der Waals surface area contributed by atoms with Gasteiger partial charge in [-0.1, -0.05) is 171 Å². The molecule has 0 unspecified atom stereocenters. The Bertz CT molecular complexity index is 527. The van der Waals surface area contributed by atoms with Crippen LogP contribution in [0.5, 0.6) is 0 Å². The lowest BCUT2D eigenvalue weighted by Crippen LogP contribution is -2.39. The summed E-state index contributed by atoms with van der Waals surface area (Å²) in [6.07, 6.45) is 34.4. The molecule has 0 aliphatic heterocycles. The van der Waals surface area contributed by atoms with Crippen LogP contribution in [-0.4, -0.2) is 54.2 Å². The van der Waals surface area contributed by atoms with Gasteiger partial charge in [-0.15, -0.1) is 0 Å². The van der Waals surface area contributed by atoms with Crippen LogP contribution < -0.4 is 0 Å². The minimum atomic E-state index is -0.445. The average Bonchev–Trinajstić information content (AvgIpc) is 2.96. The summed E-state index contributed by atoms with van der Waals surface area (Å²) in [5.74, 6) is 0.259. The van der Waals surface area contributed by atoms with Crippen LogP contribution in [0.2, 0.25) is 0 Å². The monoisotopic (exact) mass is 707 g/mol. The SMILES string of the molecule is CCCCCCCCCCCCCCCN(CCCCCCCCCCCCCCI)C(=O)CC(C)(C)OCCOC. The minimum absolute atomic E-state index is 0.259. The van der Waals surface area contributed by atoms with Crippen molar-refractivity contribution in [3.63, 3.8) is 0 Å². The molecule has 0 rings (SSSR count). The van der Waals surface area contributed by atoms with Crippen LogP contribution in [0.4, 0.5) is 0 Å². The van der Waals surface area contributed by atoms with Crippen molar-refractivity contribution in [1.82, 2.24) is 4.90 Å². The molecule has 42 heavy (non-hydrogen) atoms. The van der Waals surface area contributed by atoms with E-state index in [1.807, 2.05) is 13.8 Å². The lowest BCUT2D eigenvalue weighted by molar-refractivity contribution is -0.138. The van der Waals surface area contributed by atoms with E-state index in [-0.39, 0.29) is 5.91 Å². The lowest BCUT2D eigenvalue weighted by Gasteiger charge is -2.29. The molecular weight excluding hydrogens is 633 g/mol.